The summed E-state index contributed by atoms with van der Waals surface area (Å²) < 4.78 is 0. The Morgan fingerprint density at radius 1 is 0.446 bits per heavy atom. The molecule has 0 saturated heterocycles. The lowest BCUT2D eigenvalue weighted by Crippen LogP contribution is -2.59. The van der Waals surface area contributed by atoms with Gasteiger partial charge in [-0.25, -0.2) is 0 Å². The van der Waals surface area contributed by atoms with Gasteiger partial charge < -0.3 is 73.8 Å². The van der Waals surface area contributed by atoms with Crippen molar-refractivity contribution in [2.24, 2.45) is 11.5 Å². The fraction of sp³-hybridized carbons (Fsp3) is 0.280. The maximum absolute atomic E-state index is 13.9. The second kappa shape index (κ2) is 26.0. The number of fused-ring (bicyclic) bond motifs is 2. The van der Waals surface area contributed by atoms with Gasteiger partial charge in [-0.05, 0) is 71.5 Å². The number of phenolic OH excluding ortho intramolecular Hbond substituents is 2. The van der Waals surface area contributed by atoms with E-state index in [1.807, 2.05) is 0 Å². The number of phenols is 2. The van der Waals surface area contributed by atoms with Crippen molar-refractivity contribution < 1.29 is 58.8 Å². The van der Waals surface area contributed by atoms with Crippen LogP contribution in [-0.2, 0) is 64.0 Å². The average Bonchev–Trinajstić information content (AvgIpc) is 4.01. The monoisotopic (exact) mass is 1020 g/mol. The predicted octanol–water partition coefficient (Wildman–Crippen LogP) is -2.71. The van der Waals surface area contributed by atoms with Crippen molar-refractivity contribution in [3.63, 3.8) is 0 Å². The van der Waals surface area contributed by atoms with E-state index in [1.54, 1.807) is 85.2 Å². The van der Waals surface area contributed by atoms with Crippen molar-refractivity contribution in [3.05, 3.63) is 132 Å². The van der Waals surface area contributed by atoms with Crippen LogP contribution in [0.25, 0.3) is 21.8 Å². The minimum atomic E-state index is -1.51. The third kappa shape index (κ3) is 15.3. The number of H-pyrrole nitrogens is 2. The minimum Gasteiger partial charge on any atom is -0.508 e. The number of nitrogens with one attached hydrogen (secondary N) is 10. The van der Waals surface area contributed by atoms with Gasteiger partial charge in [0, 0.05) is 47.0 Å². The second-order valence-corrected chi connectivity index (χ2v) is 17.2. The second-order valence-electron chi connectivity index (χ2n) is 17.2. The number of aliphatic hydroxyl groups excluding tert-OH is 2. The number of carbonyl (C=O) groups is 8. The number of hydrogen-bond acceptors (Lipinski definition) is 14. The molecule has 4 aromatic carbocycles. The molecule has 6 atom stereocenters. The molecule has 0 spiro atoms. The lowest BCUT2D eigenvalue weighted by molar-refractivity contribution is -0.134. The van der Waals surface area contributed by atoms with Crippen molar-refractivity contribution in [2.45, 2.75) is 61.9 Å². The molecule has 2 heterocycles. The number of hydrogen-bond donors (Lipinski definition) is 16. The smallest absolute Gasteiger partial charge is 0.261 e. The summed E-state index contributed by atoms with van der Waals surface area (Å²) in [6.45, 7) is -3.14. The van der Waals surface area contributed by atoms with Crippen LogP contribution in [0.5, 0.6) is 11.5 Å². The third-order valence-corrected chi connectivity index (χ3v) is 11.7. The molecule has 0 radical (unpaired) electrons. The molecule has 0 saturated carbocycles. The van der Waals surface area contributed by atoms with E-state index in [9.17, 15) is 58.8 Å². The van der Waals surface area contributed by atoms with Gasteiger partial charge in [0.1, 0.15) is 35.7 Å². The number of hydrazine groups is 1. The molecule has 0 aliphatic heterocycles. The first-order valence-corrected chi connectivity index (χ1v) is 23.2. The largest absolute Gasteiger partial charge is 0.508 e. The van der Waals surface area contributed by atoms with Gasteiger partial charge in [0.2, 0.25) is 35.4 Å². The van der Waals surface area contributed by atoms with Gasteiger partial charge in [0.15, 0.2) is 0 Å². The third-order valence-electron chi connectivity index (χ3n) is 11.7. The van der Waals surface area contributed by atoms with Crippen LogP contribution in [0.1, 0.15) is 22.3 Å². The van der Waals surface area contributed by atoms with Gasteiger partial charge in [-0.1, -0.05) is 60.7 Å². The summed E-state index contributed by atoms with van der Waals surface area (Å²) in [7, 11) is 0. The van der Waals surface area contributed by atoms with E-state index in [0.29, 0.717) is 22.3 Å². The first-order valence-electron chi connectivity index (χ1n) is 23.2. The van der Waals surface area contributed by atoms with Gasteiger partial charge in [0.25, 0.3) is 11.8 Å². The van der Waals surface area contributed by atoms with Crippen molar-refractivity contribution in [1.29, 1.82) is 0 Å². The first-order chi connectivity index (χ1) is 35.5. The van der Waals surface area contributed by atoms with Gasteiger partial charge in [-0.2, -0.15) is 0 Å². The zero-order valence-electron chi connectivity index (χ0n) is 39.7. The lowest BCUT2D eigenvalue weighted by atomic mass is 10.0. The molecule has 6 rings (SSSR count). The Hall–Kier alpha value is -8.84. The number of carbonyl (C=O) groups excluding carboxylic acids is 8. The van der Waals surface area contributed by atoms with Crippen molar-refractivity contribution in [3.8, 4) is 11.5 Å². The van der Waals surface area contributed by atoms with Gasteiger partial charge in [-0.3, -0.25) is 49.2 Å². The Balaban J connectivity index is 1.08. The molecule has 18 N–H and O–H groups in total. The summed E-state index contributed by atoms with van der Waals surface area (Å²) in [5, 5.41) is 54.7. The quantitative estimate of drug-likeness (QED) is 0.0274. The van der Waals surface area contributed by atoms with E-state index >= 15 is 0 Å². The van der Waals surface area contributed by atoms with Crippen LogP contribution in [0.4, 0.5) is 0 Å². The zero-order chi connectivity index (χ0) is 53.3. The summed E-state index contributed by atoms with van der Waals surface area (Å²) in [6, 6.07) is 18.2. The van der Waals surface area contributed by atoms with E-state index in [1.165, 1.54) is 24.3 Å². The summed E-state index contributed by atoms with van der Waals surface area (Å²) >= 11 is 0. The molecule has 8 amide bonds. The Morgan fingerprint density at radius 3 is 1.18 bits per heavy atom. The molecule has 0 bridgehead atoms. The predicted molar refractivity (Wildman–Crippen MR) is 268 cm³/mol. The Morgan fingerprint density at radius 2 is 0.811 bits per heavy atom. The fourth-order valence-electron chi connectivity index (χ4n) is 7.73. The van der Waals surface area contributed by atoms with E-state index in [4.69, 9.17) is 11.5 Å². The van der Waals surface area contributed by atoms with E-state index < -0.39 is 110 Å². The summed E-state index contributed by atoms with van der Waals surface area (Å²) in [4.78, 5) is 113. The van der Waals surface area contributed by atoms with Gasteiger partial charge >= 0.3 is 0 Å². The molecule has 74 heavy (non-hydrogen) atoms. The van der Waals surface area contributed by atoms with Crippen LogP contribution in [0.15, 0.2) is 109 Å². The highest BCUT2D eigenvalue weighted by molar-refractivity contribution is 5.97. The Kier molecular flexibility index (Phi) is 19.2. The summed E-state index contributed by atoms with van der Waals surface area (Å²) in [5.41, 5.74) is 20.5. The highest BCUT2D eigenvalue weighted by Crippen LogP contribution is 2.21. The lowest BCUT2D eigenvalue weighted by Gasteiger charge is -2.22. The summed E-state index contributed by atoms with van der Waals surface area (Å²) in [6.07, 6.45) is 3.10. The fourth-order valence-corrected chi connectivity index (χ4v) is 7.73. The first kappa shape index (κ1) is 54.5. The van der Waals surface area contributed by atoms with E-state index in [-0.39, 0.29) is 37.2 Å². The van der Waals surface area contributed by atoms with Crippen LogP contribution >= 0.6 is 0 Å². The number of amides is 8. The van der Waals surface area contributed by atoms with Crippen LogP contribution in [0.2, 0.25) is 0 Å². The number of para-hydroxylation sites is 2. The standard InChI is InChI=1S/C50H58N12O12/c51-35(17-27-9-13-31(65)14-10-27)45(69)59-41(25-63)47(71)55-23-43(67)57-39(19-29-21-53-37-7-3-1-5-33(29)37)49(73)61-62-50(74)40(20-30-22-54-38-8-4-2-6-34(30)38)58-44(68)24-56-48(72)42(26-64)60-46(70)36(52)18-28-11-15-32(66)16-12-28/h1-16,21-22,35-36,39-42,53-54,63-66H,17-20,23-26,51-52H2,(H,55,71)(H,56,72)(H,57,67)(H,58,68)(H,59,69)(H,60,70)(H,61,73)(H,62,74)/t35-,36-,39-,40-,41+,42+/m0/s1. The molecule has 0 unspecified atom stereocenters. The number of aromatic hydroxyl groups is 2. The number of aromatic amines is 2. The number of rotatable bonds is 24. The highest BCUT2D eigenvalue weighted by atomic mass is 16.3. The number of aromatic nitrogens is 2. The van der Waals surface area contributed by atoms with E-state index in [2.05, 4.69) is 52.7 Å². The van der Waals surface area contributed by atoms with Gasteiger partial charge in [-0.15, -0.1) is 0 Å². The number of aliphatic hydroxyl groups is 2. The molecule has 0 aliphatic carbocycles. The minimum absolute atomic E-state index is 0.0184. The van der Waals surface area contributed by atoms with Gasteiger partial charge in [0.05, 0.1) is 38.4 Å². The van der Waals surface area contributed by atoms with Crippen molar-refractivity contribution >= 4 is 69.1 Å². The molecule has 24 nitrogen and oxygen atoms in total. The molecule has 24 heteroatoms. The number of nitrogens with two attached hydrogens (primary N) is 2. The molecule has 0 fully saturated rings. The van der Waals surface area contributed by atoms with Crippen LogP contribution in [0.3, 0.4) is 0 Å². The van der Waals surface area contributed by atoms with E-state index in [0.717, 1.165) is 21.8 Å². The van der Waals surface area contributed by atoms with Crippen LogP contribution in [-0.4, -0.2) is 140 Å². The molecule has 6 aromatic rings. The highest BCUT2D eigenvalue weighted by Gasteiger charge is 2.29. The summed E-state index contributed by atoms with van der Waals surface area (Å²) in [5.74, 6) is -6.98. The Bertz CT molecular complexity index is 2750. The van der Waals surface area contributed by atoms with Crippen LogP contribution < -0.4 is 54.2 Å². The topological polar surface area (TPSA) is 397 Å². The molecule has 2 aromatic heterocycles. The molecular formula is C50H58N12O12. The van der Waals surface area contributed by atoms with Crippen molar-refractivity contribution in [2.75, 3.05) is 26.3 Å². The molecular weight excluding hydrogens is 961 g/mol. The van der Waals surface area contributed by atoms with Crippen LogP contribution in [0, 0.1) is 0 Å². The normalized spacial score (nSPS) is 13.5. The SMILES string of the molecule is N[C@@H](Cc1ccc(O)cc1)C(=O)N[C@H](CO)C(=O)NCC(=O)N[C@@H](Cc1c[nH]c2ccccc12)C(=O)NNC(=O)[C@H](Cc1c[nH]c2ccccc12)NC(=O)CNC(=O)[C@@H](CO)NC(=O)[C@@H](N)Cc1ccc(O)cc1. The number of benzene rings is 4. The maximum atomic E-state index is 13.9. The average molecular weight is 1020 g/mol. The zero-order valence-corrected chi connectivity index (χ0v) is 39.7. The molecule has 390 valence electrons. The van der Waals surface area contributed by atoms with Crippen molar-refractivity contribution in [1.82, 2.24) is 52.7 Å². The maximum Gasteiger partial charge on any atom is 0.261 e. The Labute approximate surface area is 422 Å². The molecule has 0 aliphatic rings.